The van der Waals surface area contributed by atoms with E-state index in [-0.39, 0.29) is 17.7 Å². The summed E-state index contributed by atoms with van der Waals surface area (Å²) in [6, 6.07) is 54.4. The van der Waals surface area contributed by atoms with Gasteiger partial charge in [-0.3, -0.25) is 0 Å². The Morgan fingerprint density at radius 2 is 1.24 bits per heavy atom. The van der Waals surface area contributed by atoms with Crippen molar-refractivity contribution in [2.24, 2.45) is 0 Å². The summed E-state index contributed by atoms with van der Waals surface area (Å²) in [6.07, 6.45) is 0. The number of furan rings is 1. The summed E-state index contributed by atoms with van der Waals surface area (Å²) >= 11 is 1.88. The van der Waals surface area contributed by atoms with E-state index in [1.807, 2.05) is 11.3 Å². The second-order valence-electron chi connectivity index (χ2n) is 18.2. The highest BCUT2D eigenvalue weighted by Gasteiger charge is 2.49. The molecule has 4 heterocycles. The Morgan fingerprint density at radius 1 is 0.552 bits per heavy atom. The lowest BCUT2D eigenvalue weighted by molar-refractivity contribution is 0.590. The molecule has 0 fully saturated rings. The topological polar surface area (TPSA) is 19.6 Å². The minimum absolute atomic E-state index is 0.0189. The van der Waals surface area contributed by atoms with Crippen molar-refractivity contribution in [3.05, 3.63) is 162 Å². The summed E-state index contributed by atoms with van der Waals surface area (Å²) in [5.41, 5.74) is 17.7. The number of rotatable bonds is 3. The Hall–Kier alpha value is -6.04. The maximum Gasteiger partial charge on any atom is 0.375 e. The molecule has 0 saturated heterocycles. The summed E-state index contributed by atoms with van der Waals surface area (Å²) in [5, 5.41) is 3.70. The minimum Gasteiger partial charge on any atom is -0.466 e. The smallest absolute Gasteiger partial charge is 0.375 e. The van der Waals surface area contributed by atoms with Crippen molar-refractivity contribution in [1.82, 2.24) is 0 Å². The van der Waals surface area contributed by atoms with Crippen LogP contribution in [0.25, 0.3) is 53.4 Å². The molecule has 2 aromatic heterocycles. The Balaban J connectivity index is 1.29. The van der Waals surface area contributed by atoms with Gasteiger partial charge in [0, 0.05) is 53.7 Å². The molecule has 58 heavy (non-hydrogen) atoms. The second-order valence-corrected chi connectivity index (χ2v) is 19.3. The fourth-order valence-electron chi connectivity index (χ4n) is 9.53. The van der Waals surface area contributed by atoms with E-state index in [0.717, 1.165) is 33.7 Å². The molecule has 0 spiro atoms. The van der Waals surface area contributed by atoms with Gasteiger partial charge < -0.3 is 14.1 Å². The van der Waals surface area contributed by atoms with Crippen LogP contribution in [-0.4, -0.2) is 6.85 Å². The molecule has 9 aromatic rings. The third-order valence-electron chi connectivity index (χ3n) is 12.4. The van der Waals surface area contributed by atoms with Crippen LogP contribution in [0.15, 0.2) is 150 Å². The molecule has 0 N–H and O–H groups in total. The van der Waals surface area contributed by atoms with Crippen molar-refractivity contribution in [2.45, 2.75) is 59.3 Å². The molecule has 5 heteroatoms. The van der Waals surface area contributed by atoms with E-state index in [9.17, 15) is 0 Å². The maximum atomic E-state index is 7.29. The van der Waals surface area contributed by atoms with Crippen molar-refractivity contribution in [1.29, 1.82) is 0 Å². The molecule has 11 rings (SSSR count). The summed E-state index contributed by atoms with van der Waals surface area (Å²) < 4.78 is 9.89. The van der Waals surface area contributed by atoms with Gasteiger partial charge in [-0.2, -0.15) is 0 Å². The van der Waals surface area contributed by atoms with Gasteiger partial charge in [0.25, 0.3) is 0 Å². The lowest BCUT2D eigenvalue weighted by atomic mass is 9.45. The third kappa shape index (κ3) is 5.19. The molecule has 3 nitrogen and oxygen atoms in total. The number of benzene rings is 7. The predicted molar refractivity (Wildman–Crippen MR) is 250 cm³/mol. The molecule has 2 aliphatic rings. The number of hydrogen-bond acceptors (Lipinski definition) is 4. The average Bonchev–Trinajstić information content (AvgIpc) is 3.79. The zero-order valence-electron chi connectivity index (χ0n) is 34.1. The van der Waals surface area contributed by atoms with E-state index in [1.54, 1.807) is 0 Å². The molecule has 0 unspecified atom stereocenters. The molecule has 282 valence electrons. The van der Waals surface area contributed by atoms with Crippen LogP contribution in [0.4, 0.5) is 28.4 Å². The number of fused-ring (bicyclic) bond motifs is 10. The molecule has 0 radical (unpaired) electrons. The lowest BCUT2D eigenvalue weighted by Gasteiger charge is -2.44. The molecule has 0 amide bonds. The van der Waals surface area contributed by atoms with Gasteiger partial charge >= 0.3 is 6.85 Å². The van der Waals surface area contributed by atoms with Crippen molar-refractivity contribution in [2.75, 3.05) is 9.71 Å². The van der Waals surface area contributed by atoms with Crippen LogP contribution in [0.3, 0.4) is 0 Å². The van der Waals surface area contributed by atoms with Crippen molar-refractivity contribution in [3.8, 4) is 22.3 Å². The Kier molecular flexibility index (Phi) is 7.56. The van der Waals surface area contributed by atoms with Crippen molar-refractivity contribution < 1.29 is 4.42 Å². The fourth-order valence-corrected chi connectivity index (χ4v) is 10.6. The number of anilines is 5. The number of aryl methyl sites for hydroxylation is 1. The molecular weight excluding hydrogens is 723 g/mol. The van der Waals surface area contributed by atoms with E-state index >= 15 is 0 Å². The van der Waals surface area contributed by atoms with Gasteiger partial charge in [-0.15, -0.1) is 11.3 Å². The van der Waals surface area contributed by atoms with Gasteiger partial charge in [0.2, 0.25) is 0 Å². The van der Waals surface area contributed by atoms with Crippen LogP contribution < -0.4 is 20.8 Å². The molecule has 0 aliphatic carbocycles. The highest BCUT2D eigenvalue weighted by molar-refractivity contribution is 7.26. The molecule has 7 aromatic carbocycles. The van der Waals surface area contributed by atoms with Crippen LogP contribution in [0.2, 0.25) is 0 Å². The van der Waals surface area contributed by atoms with E-state index in [4.69, 9.17) is 4.42 Å². The number of hydrogen-bond donors (Lipinski definition) is 0. The fraction of sp³-hybridized carbons (Fsp3) is 0.170. The molecule has 0 atom stereocenters. The van der Waals surface area contributed by atoms with Crippen LogP contribution >= 0.6 is 11.3 Å². The molecule has 2 aliphatic heterocycles. The van der Waals surface area contributed by atoms with Gasteiger partial charge in [0.1, 0.15) is 11.2 Å². The zero-order valence-corrected chi connectivity index (χ0v) is 35.0. The average molecular weight is 769 g/mol. The summed E-state index contributed by atoms with van der Waals surface area (Å²) in [7, 11) is 0. The van der Waals surface area contributed by atoms with E-state index in [0.29, 0.717) is 0 Å². The quantitative estimate of drug-likeness (QED) is 0.167. The van der Waals surface area contributed by atoms with Gasteiger partial charge in [-0.05, 0) is 106 Å². The van der Waals surface area contributed by atoms with Crippen molar-refractivity contribution in [3.63, 3.8) is 0 Å². The summed E-state index contributed by atoms with van der Waals surface area (Å²) in [4.78, 5) is 5.15. The van der Waals surface area contributed by atoms with Gasteiger partial charge in [0.05, 0.1) is 11.4 Å². The van der Waals surface area contributed by atoms with Crippen LogP contribution in [0, 0.1) is 6.92 Å². The molecule has 0 bridgehead atoms. The standard InChI is InChI=1S/C53H45BN2OS/c1-32-29-41-37-26-28-46-47(39-18-12-14-20-45(39)58-46)49(37)56(36-24-21-34(22-25-36)52(2,3)4)54-48(41)43(30-32)55(50-38-17-11-13-19-44(38)57-51(50)54)42-27-23-35(53(5,6)7)31-40(42)33-15-9-8-10-16-33/h8-31H,1-7H3. The first-order chi connectivity index (χ1) is 28.0. The monoisotopic (exact) mass is 768 g/mol. The highest BCUT2D eigenvalue weighted by Crippen LogP contribution is 2.54. The first-order valence-electron chi connectivity index (χ1n) is 20.5. The SMILES string of the molecule is Cc1cc2c3c(c1)N(c1ccc(C(C)(C)C)cc1-c1ccccc1)c1c(oc4ccccc14)B3N(c1ccc(C(C)(C)C)cc1)c1c-2ccc2sc3ccccc3c12. The Morgan fingerprint density at radius 3 is 2.00 bits per heavy atom. The van der Waals surface area contributed by atoms with Gasteiger partial charge in [-0.1, -0.05) is 133 Å². The van der Waals surface area contributed by atoms with Crippen LogP contribution in [0.5, 0.6) is 0 Å². The second kappa shape index (κ2) is 12.5. The largest absolute Gasteiger partial charge is 0.466 e. The zero-order chi connectivity index (χ0) is 39.7. The molecule has 0 saturated carbocycles. The normalized spacial score (nSPS) is 13.7. The maximum absolute atomic E-state index is 7.29. The van der Waals surface area contributed by atoms with E-state index < -0.39 is 0 Å². The predicted octanol–water partition coefficient (Wildman–Crippen LogP) is 14.1. The molecular formula is C53H45BN2OS. The van der Waals surface area contributed by atoms with Crippen LogP contribution in [0.1, 0.15) is 58.2 Å². The van der Waals surface area contributed by atoms with Gasteiger partial charge in [0.15, 0.2) is 0 Å². The van der Waals surface area contributed by atoms with E-state index in [1.165, 1.54) is 76.0 Å². The first kappa shape index (κ1) is 35.2. The summed E-state index contributed by atoms with van der Waals surface area (Å²) in [5.74, 6) is 0. The van der Waals surface area contributed by atoms with Crippen LogP contribution in [-0.2, 0) is 10.8 Å². The van der Waals surface area contributed by atoms with E-state index in [2.05, 4.69) is 204 Å². The van der Waals surface area contributed by atoms with Crippen molar-refractivity contribution >= 4 is 88.9 Å². The summed E-state index contributed by atoms with van der Waals surface area (Å²) in [6.45, 7) is 15.8. The minimum atomic E-state index is -0.226. The Bertz CT molecular complexity index is 3110. The highest BCUT2D eigenvalue weighted by atomic mass is 32.1. The number of para-hydroxylation sites is 1. The third-order valence-corrected chi connectivity index (χ3v) is 13.5. The van der Waals surface area contributed by atoms with Gasteiger partial charge in [-0.25, -0.2) is 0 Å². The lowest BCUT2D eigenvalue weighted by Crippen LogP contribution is -2.61. The Labute approximate surface area is 345 Å². The number of thiophene rings is 1. The first-order valence-corrected chi connectivity index (χ1v) is 21.3. The number of nitrogens with zero attached hydrogens (tertiary/aromatic N) is 2.